The van der Waals surface area contributed by atoms with Gasteiger partial charge in [0.15, 0.2) is 0 Å². The average Bonchev–Trinajstić information content (AvgIpc) is 2.76. The minimum atomic E-state index is 0.0124. The average molecular weight is 434 g/mol. The fraction of sp³-hybridized carbons (Fsp3) is 0.300. The molecule has 33 heavy (non-hydrogen) atoms. The van der Waals surface area contributed by atoms with Crippen molar-refractivity contribution in [3.05, 3.63) is 77.9 Å². The summed E-state index contributed by atoms with van der Waals surface area (Å²) in [6, 6.07) is 24.0. The molecular formula is C30H31N3. The highest BCUT2D eigenvalue weighted by molar-refractivity contribution is 6.10. The molecule has 0 atom stereocenters. The number of hydrogen-bond donors (Lipinski definition) is 0. The molecule has 0 saturated heterocycles. The molecule has 3 nitrogen and oxygen atoms in total. The van der Waals surface area contributed by atoms with Crippen molar-refractivity contribution in [2.24, 2.45) is 5.41 Å². The smallest absolute Gasteiger partial charge is 0.105 e. The molecule has 4 aromatic carbocycles. The van der Waals surface area contributed by atoms with Gasteiger partial charge in [-0.1, -0.05) is 90.1 Å². The topological polar surface area (TPSA) is 38.7 Å². The van der Waals surface area contributed by atoms with E-state index in [0.29, 0.717) is 0 Å². The first-order valence-electron chi connectivity index (χ1n) is 11.7. The molecule has 5 aromatic rings. The fourth-order valence-corrected chi connectivity index (χ4v) is 4.89. The van der Waals surface area contributed by atoms with Gasteiger partial charge in [-0.15, -0.1) is 10.2 Å². The summed E-state index contributed by atoms with van der Waals surface area (Å²) in [6.45, 7) is 13.6. The lowest BCUT2D eigenvalue weighted by molar-refractivity contribution is 0.412. The number of nitrogens with zero attached hydrogens (tertiary/aromatic N) is 3. The van der Waals surface area contributed by atoms with E-state index < -0.39 is 0 Å². The maximum Gasteiger partial charge on any atom is 0.105 e. The van der Waals surface area contributed by atoms with Gasteiger partial charge in [0.2, 0.25) is 0 Å². The Kier molecular flexibility index (Phi) is 4.97. The van der Waals surface area contributed by atoms with Gasteiger partial charge in [0, 0.05) is 16.3 Å². The Morgan fingerprint density at radius 2 is 1.45 bits per heavy atom. The van der Waals surface area contributed by atoms with Gasteiger partial charge >= 0.3 is 0 Å². The predicted octanol–water partition coefficient (Wildman–Crippen LogP) is 7.88. The molecule has 0 aliphatic carbocycles. The van der Waals surface area contributed by atoms with Crippen molar-refractivity contribution in [3.8, 4) is 11.3 Å². The Morgan fingerprint density at radius 1 is 0.697 bits per heavy atom. The lowest BCUT2D eigenvalue weighted by atomic mass is 9.82. The Morgan fingerprint density at radius 3 is 2.21 bits per heavy atom. The van der Waals surface area contributed by atoms with E-state index in [4.69, 9.17) is 0 Å². The summed E-state index contributed by atoms with van der Waals surface area (Å²) >= 11 is 0. The van der Waals surface area contributed by atoms with Crippen molar-refractivity contribution in [2.75, 3.05) is 0 Å². The predicted molar refractivity (Wildman–Crippen MR) is 140 cm³/mol. The van der Waals surface area contributed by atoms with E-state index in [-0.39, 0.29) is 10.8 Å². The van der Waals surface area contributed by atoms with Crippen LogP contribution in [0.25, 0.3) is 43.7 Å². The zero-order chi connectivity index (χ0) is 23.4. The summed E-state index contributed by atoms with van der Waals surface area (Å²) in [5, 5.41) is 19.3. The minimum Gasteiger partial charge on any atom is -0.129 e. The first-order valence-corrected chi connectivity index (χ1v) is 11.7. The van der Waals surface area contributed by atoms with Crippen molar-refractivity contribution < 1.29 is 0 Å². The standard InChI is InChI=1S/C30H31N3/c1-29(2,3)18-21-12-9-11-19-14-15-24-27(31-33-32-28(24)26(19)21)22-16-20-10-7-8-13-23(20)25(17-22)30(4,5)6/h7-17H,18H2,1-6H3. The van der Waals surface area contributed by atoms with Gasteiger partial charge in [0.1, 0.15) is 11.2 Å². The number of benzene rings is 4. The molecule has 0 radical (unpaired) electrons. The van der Waals surface area contributed by atoms with E-state index in [1.807, 2.05) is 0 Å². The lowest BCUT2D eigenvalue weighted by Gasteiger charge is -2.23. The minimum absolute atomic E-state index is 0.0124. The van der Waals surface area contributed by atoms with Crippen molar-refractivity contribution >= 4 is 32.4 Å². The second-order valence-corrected chi connectivity index (χ2v) is 11.3. The van der Waals surface area contributed by atoms with Crippen LogP contribution < -0.4 is 0 Å². The van der Waals surface area contributed by atoms with E-state index in [9.17, 15) is 0 Å². The highest BCUT2D eigenvalue weighted by Crippen LogP contribution is 2.38. The molecule has 0 fully saturated rings. The zero-order valence-corrected chi connectivity index (χ0v) is 20.4. The molecule has 0 N–H and O–H groups in total. The summed E-state index contributed by atoms with van der Waals surface area (Å²) in [5.74, 6) is 0. The third kappa shape index (κ3) is 3.97. The first-order chi connectivity index (χ1) is 15.6. The highest BCUT2D eigenvalue weighted by Gasteiger charge is 2.21. The van der Waals surface area contributed by atoms with E-state index in [1.165, 1.54) is 32.7 Å². The van der Waals surface area contributed by atoms with E-state index >= 15 is 0 Å². The molecule has 1 aromatic heterocycles. The second-order valence-electron chi connectivity index (χ2n) is 11.3. The van der Waals surface area contributed by atoms with Gasteiger partial charge < -0.3 is 0 Å². The molecule has 0 amide bonds. The number of aromatic nitrogens is 3. The normalized spacial score (nSPS) is 12.7. The van der Waals surface area contributed by atoms with Crippen LogP contribution in [0.3, 0.4) is 0 Å². The highest BCUT2D eigenvalue weighted by atomic mass is 15.3. The third-order valence-corrected chi connectivity index (χ3v) is 6.31. The van der Waals surface area contributed by atoms with E-state index in [0.717, 1.165) is 28.6 Å². The third-order valence-electron chi connectivity index (χ3n) is 6.31. The quantitative estimate of drug-likeness (QED) is 0.266. The van der Waals surface area contributed by atoms with E-state index in [2.05, 4.69) is 124 Å². The molecule has 1 heterocycles. The summed E-state index contributed by atoms with van der Waals surface area (Å²) in [4.78, 5) is 0. The Bertz CT molecular complexity index is 1500. The van der Waals surface area contributed by atoms with E-state index in [1.54, 1.807) is 0 Å². The Labute approximate surface area is 195 Å². The SMILES string of the molecule is CC(C)(C)Cc1cccc2ccc3c(-c4cc(C(C)(C)C)c5ccccc5c4)nnnc3c12. The maximum atomic E-state index is 4.56. The molecule has 166 valence electrons. The van der Waals surface area contributed by atoms with Crippen LogP contribution >= 0.6 is 0 Å². The van der Waals surface area contributed by atoms with Gasteiger partial charge in [0.05, 0.1) is 0 Å². The first kappa shape index (κ1) is 21.5. The summed E-state index contributed by atoms with van der Waals surface area (Å²) in [6.07, 6.45) is 0.979. The molecule has 5 rings (SSSR count). The van der Waals surface area contributed by atoms with Crippen LogP contribution in [-0.4, -0.2) is 15.4 Å². The van der Waals surface area contributed by atoms with Crippen LogP contribution in [0.15, 0.2) is 66.7 Å². The van der Waals surface area contributed by atoms with Gasteiger partial charge in [-0.25, -0.2) is 0 Å². The molecular weight excluding hydrogens is 402 g/mol. The zero-order valence-electron chi connectivity index (χ0n) is 20.4. The van der Waals surface area contributed by atoms with Crippen LogP contribution in [-0.2, 0) is 11.8 Å². The number of rotatable bonds is 2. The molecule has 0 bridgehead atoms. The number of hydrogen-bond acceptors (Lipinski definition) is 3. The molecule has 0 saturated carbocycles. The van der Waals surface area contributed by atoms with Crippen LogP contribution in [0.1, 0.15) is 52.7 Å². The van der Waals surface area contributed by atoms with Crippen molar-refractivity contribution in [2.45, 2.75) is 53.4 Å². The van der Waals surface area contributed by atoms with Crippen LogP contribution in [0.5, 0.6) is 0 Å². The summed E-state index contributed by atoms with van der Waals surface area (Å²) in [5.41, 5.74) is 5.73. The Hall–Kier alpha value is -3.33. The molecule has 0 aliphatic heterocycles. The van der Waals surface area contributed by atoms with Crippen LogP contribution in [0, 0.1) is 5.41 Å². The monoisotopic (exact) mass is 433 g/mol. The van der Waals surface area contributed by atoms with Gasteiger partial charge in [-0.05, 0) is 67.9 Å². The molecule has 0 spiro atoms. The van der Waals surface area contributed by atoms with Crippen molar-refractivity contribution in [1.29, 1.82) is 0 Å². The van der Waals surface area contributed by atoms with Crippen molar-refractivity contribution in [1.82, 2.24) is 15.4 Å². The lowest BCUT2D eigenvalue weighted by Crippen LogP contribution is -2.12. The van der Waals surface area contributed by atoms with Gasteiger partial charge in [0.25, 0.3) is 0 Å². The van der Waals surface area contributed by atoms with Gasteiger partial charge in [-0.3, -0.25) is 0 Å². The maximum absolute atomic E-state index is 4.56. The summed E-state index contributed by atoms with van der Waals surface area (Å²) < 4.78 is 0. The summed E-state index contributed by atoms with van der Waals surface area (Å²) in [7, 11) is 0. The fourth-order valence-electron chi connectivity index (χ4n) is 4.89. The molecule has 3 heteroatoms. The number of fused-ring (bicyclic) bond motifs is 4. The largest absolute Gasteiger partial charge is 0.129 e. The second kappa shape index (κ2) is 7.62. The van der Waals surface area contributed by atoms with Gasteiger partial charge in [-0.2, -0.15) is 0 Å². The Balaban J connectivity index is 1.82. The van der Waals surface area contributed by atoms with Crippen LogP contribution in [0.4, 0.5) is 0 Å². The van der Waals surface area contributed by atoms with Crippen LogP contribution in [0.2, 0.25) is 0 Å². The van der Waals surface area contributed by atoms with Crippen molar-refractivity contribution in [3.63, 3.8) is 0 Å². The molecule has 0 aliphatic rings. The molecule has 0 unspecified atom stereocenters.